The van der Waals surface area contributed by atoms with Gasteiger partial charge in [-0.2, -0.15) is 37.9 Å². The first-order valence-electron chi connectivity index (χ1n) is 54.5. The Balaban J connectivity index is -0.000000243. The first-order chi connectivity index (χ1) is 66.3. The maximum Gasteiger partial charge on any atom is 1.00 e. The maximum atomic E-state index is 4.33. The molecule has 0 aliphatic carbocycles. The van der Waals surface area contributed by atoms with Crippen LogP contribution in [0.5, 0.6) is 0 Å². The summed E-state index contributed by atoms with van der Waals surface area (Å²) in [7, 11) is 0. The van der Waals surface area contributed by atoms with Gasteiger partial charge in [-0.15, -0.1) is 0 Å². The van der Waals surface area contributed by atoms with E-state index in [9.17, 15) is 0 Å². The molecule has 24 heterocycles. The van der Waals surface area contributed by atoms with Crippen molar-refractivity contribution < 1.29 is 305 Å². The van der Waals surface area contributed by atoms with Crippen LogP contribution in [0.1, 0.15) is 198 Å². The Morgan fingerprint density at radius 1 is 0.140 bits per heavy atom. The second-order valence-electron chi connectivity index (χ2n) is 38.2. The number of hydrogen-bond donors (Lipinski definition) is 0. The number of nitrogens with zero attached hydrogens (tertiary/aromatic N) is 36. The molecule has 0 atom stereocenters. The van der Waals surface area contributed by atoms with Gasteiger partial charge in [0.05, 0.1) is 0 Å². The smallest absolute Gasteiger partial charge is 1.00 e. The van der Waals surface area contributed by atoms with E-state index in [1.54, 1.807) is 0 Å². The third-order valence-corrected chi connectivity index (χ3v) is 27.8. The van der Waals surface area contributed by atoms with Crippen LogP contribution in [0.3, 0.4) is 0 Å². The van der Waals surface area contributed by atoms with Crippen LogP contribution in [0.2, 0.25) is 37.9 Å². The average molecular weight is 1970 g/mol. The Morgan fingerprint density at radius 3 is 0.273 bits per heavy atom. The van der Waals surface area contributed by atoms with E-state index in [1.165, 1.54) is 349 Å². The molecule has 0 saturated carbocycles. The minimum absolute atomic E-state index is 0. The van der Waals surface area contributed by atoms with Gasteiger partial charge in [-0.1, -0.05) is 41.5 Å². The van der Waals surface area contributed by atoms with Crippen LogP contribution >= 0.6 is 0 Å². The Morgan fingerprint density at radius 2 is 0.213 bits per heavy atom. The molecule has 150 heavy (non-hydrogen) atoms. The molecule has 0 aromatic carbocycles. The minimum atomic E-state index is 0. The van der Waals surface area contributed by atoms with Gasteiger partial charge in [-0.3, -0.25) is 0 Å². The van der Waals surface area contributed by atoms with E-state index in [0.29, 0.717) is 13.4 Å². The Hall–Kier alpha value is 0.928. The normalized spacial score (nSPS) is 20.8. The van der Waals surface area contributed by atoms with E-state index in [1.807, 2.05) is 0 Å². The summed E-state index contributed by atoms with van der Waals surface area (Å²) in [6.45, 7) is 66.0. The maximum absolute atomic E-state index is 4.33. The fraction of sp³-hybridized carbons (Fsp3) is 0.875. The molecule has 764 valence electrons. The number of aliphatic imine (C=N–C) groups is 12. The molecule has 0 aromatic rings. The zero-order valence-electron chi connectivity index (χ0n) is 103. The number of rotatable bonds is 6. The van der Waals surface area contributed by atoms with Crippen molar-refractivity contribution in [3.05, 3.63) is 63.8 Å². The summed E-state index contributed by atoms with van der Waals surface area (Å²) in [5.74, 6) is 12.1. The van der Waals surface area contributed by atoms with E-state index < -0.39 is 0 Å². The van der Waals surface area contributed by atoms with Gasteiger partial charge in [-0.25, -0.2) is 0 Å². The fourth-order valence-corrected chi connectivity index (χ4v) is 19.4. The molecule has 36 nitrogen and oxygen atoms in total. The van der Waals surface area contributed by atoms with E-state index in [-0.39, 0.29) is 305 Å². The largest absolute Gasteiger partial charge is 1.00 e. The summed E-state index contributed by atoms with van der Waals surface area (Å²) in [6, 6.07) is 0. The topological polar surface area (TPSA) is 356 Å². The summed E-state index contributed by atoms with van der Waals surface area (Å²) in [5.41, 5.74) is 0. The van der Waals surface area contributed by atoms with E-state index >= 15 is 0 Å². The van der Waals surface area contributed by atoms with Gasteiger partial charge in [0.25, 0.3) is 0 Å². The number of guanidine groups is 12. The molecule has 0 N–H and O–H groups in total. The predicted molar refractivity (Wildman–Crippen MR) is 575 cm³/mol. The first kappa shape index (κ1) is 162. The zero-order valence-corrected chi connectivity index (χ0v) is 101. The Bertz CT molecular complexity index is 2910. The molecule has 0 bridgehead atoms. The molecule has 24 aliphatic heterocycles. The molecule has 12 fully saturated rings. The average Bonchev–Trinajstić information content (AvgIpc) is 0.947. The van der Waals surface area contributed by atoms with Crippen molar-refractivity contribution in [2.24, 2.45) is 59.9 Å². The van der Waals surface area contributed by atoms with Crippen LogP contribution in [0.15, 0.2) is 59.9 Å². The van der Waals surface area contributed by atoms with Gasteiger partial charge in [-0.05, 0) is 482 Å². The summed E-state index contributed by atoms with van der Waals surface area (Å²) in [5, 5.41) is 51.9. The van der Waals surface area contributed by atoms with Crippen molar-refractivity contribution in [3.63, 3.8) is 0 Å². The molecular weight excluding hydrogens is 1790 g/mol. The summed E-state index contributed by atoms with van der Waals surface area (Å²) in [6.07, 6.45) is 37.6. The third-order valence-electron chi connectivity index (χ3n) is 27.8. The van der Waals surface area contributed by atoms with E-state index in [2.05, 4.69) is 224 Å². The predicted octanol–water partition coefficient (Wildman–Crippen LogP) is -33.3. The van der Waals surface area contributed by atoms with Gasteiger partial charge in [0.2, 0.25) is 0 Å². The van der Waals surface area contributed by atoms with Crippen LogP contribution in [-0.2, 0) is 0 Å². The van der Waals surface area contributed by atoms with Crippen LogP contribution in [-0.4, -0.2) is 458 Å². The van der Waals surface area contributed by atoms with Gasteiger partial charge in [0.1, 0.15) is 0 Å². The third kappa shape index (κ3) is 62.2. The summed E-state index contributed by atoms with van der Waals surface area (Å²) >= 11 is 0. The zero-order chi connectivity index (χ0) is 93.1. The van der Waals surface area contributed by atoms with Gasteiger partial charge in [0.15, 0.2) is 0 Å². The second kappa shape index (κ2) is 102. The molecular formula is C96H178B2Li16N36. The van der Waals surface area contributed by atoms with Crippen LogP contribution < -0.4 is 302 Å². The molecule has 12 saturated heterocycles. The SMILES string of the molecule is C1CN=C2[N-]CCCN2C1.C1CN=C2[N-]CCCN2C1.C1CN=C2[N-]CCCN2C1.C1CN=C2[N-]CCCN2C1.C1CN=C2[N-]CCCN2C1.C1CN=C2[N-]CCCN2C1.C1CN=C2[N-]CCCN2C1.C1CN=C2[N-]CCCN2C1.C1CN=C2[N-]CCCN2C1.C1CN=C2[N-]CCCN2C1.C1CN=C2[N-]CCCN2C1.C1CN=C2[N-]CCCN2C1.CC[BH-](CC)CC.CC[BH-](CC)CC.[H-].[H-].[Li+].[Li+].[Li+].[Li+].[Li+].[Li+].[Li+].[Li+].[Li+].[Li+].[Li+].[Li+].[Li+].[Li+].[Li+].[Li+]. The molecule has 0 radical (unpaired) electrons. The number of hydrogen-bond acceptors (Lipinski definition) is 24. The molecule has 0 unspecified atom stereocenters. The van der Waals surface area contributed by atoms with Crippen LogP contribution in [0.4, 0.5) is 0 Å². The van der Waals surface area contributed by atoms with Gasteiger partial charge >= 0.3 is 302 Å². The van der Waals surface area contributed by atoms with Gasteiger partial charge in [0, 0.05) is 71.5 Å². The Labute approximate surface area is 1110 Å². The van der Waals surface area contributed by atoms with Crippen molar-refractivity contribution in [3.8, 4) is 0 Å². The van der Waals surface area contributed by atoms with Crippen LogP contribution in [0, 0.1) is 0 Å². The van der Waals surface area contributed by atoms with Crippen molar-refractivity contribution in [1.82, 2.24) is 58.8 Å². The number of fused-ring (bicyclic) bond motifs is 12. The second-order valence-corrected chi connectivity index (χ2v) is 38.2. The Kier molecular flexibility index (Phi) is 109. The van der Waals surface area contributed by atoms with Crippen molar-refractivity contribution in [2.45, 2.75) is 234 Å². The standard InChI is InChI=1S/12C7H12N3.2C6H16B.16Li.2H/c12*1-3-8-7-9-4-2-6-10(7)5-1;2*1-4-7(5-2)6-3;;;;;;;;;;;;;;;;;;/h12*1-6H2;2*7H,4-6H2,1-3H3;;;;;;;;;;;;;;;;;;/q14*-1;16*+1;2*-1. The monoisotopic (exact) mass is 1970 g/mol. The summed E-state index contributed by atoms with van der Waals surface area (Å²) < 4.78 is 0. The minimum Gasteiger partial charge on any atom is -1.00 e. The fourth-order valence-electron chi connectivity index (χ4n) is 19.4. The van der Waals surface area contributed by atoms with E-state index in [4.69, 9.17) is 0 Å². The first-order valence-corrected chi connectivity index (χ1v) is 54.5. The molecule has 0 spiro atoms. The summed E-state index contributed by atoms with van der Waals surface area (Å²) in [4.78, 5) is 79.3. The van der Waals surface area contributed by atoms with Gasteiger partial charge < -0.3 is 185 Å². The molecule has 24 aliphatic rings. The van der Waals surface area contributed by atoms with Crippen molar-refractivity contribution >= 4 is 84.9 Å². The quantitative estimate of drug-likeness (QED) is 0.224. The molecule has 24 rings (SSSR count). The van der Waals surface area contributed by atoms with E-state index in [0.717, 1.165) is 229 Å². The molecule has 54 heteroatoms. The van der Waals surface area contributed by atoms with Crippen molar-refractivity contribution in [1.29, 1.82) is 0 Å². The molecule has 0 amide bonds. The van der Waals surface area contributed by atoms with Crippen molar-refractivity contribution in [2.75, 3.05) is 314 Å². The van der Waals surface area contributed by atoms with Crippen LogP contribution in [0.25, 0.3) is 63.8 Å². The molecule has 0 aromatic heterocycles.